The predicted octanol–water partition coefficient (Wildman–Crippen LogP) is 2.67. The smallest absolute Gasteiger partial charge is 0.353 e. The third-order valence-electron chi connectivity index (χ3n) is 1.05. The Labute approximate surface area is 76.9 Å². The van der Waals surface area contributed by atoms with Crippen LogP contribution in [0.5, 0.6) is 0 Å². The van der Waals surface area contributed by atoms with Gasteiger partial charge in [-0.3, -0.25) is 0 Å². The zero-order chi connectivity index (χ0) is 8.59. The summed E-state index contributed by atoms with van der Waals surface area (Å²) >= 11 is 16.4. The van der Waals surface area contributed by atoms with E-state index in [-0.39, 0.29) is 20.9 Å². The number of rotatable bonds is 1. The van der Waals surface area contributed by atoms with Crippen LogP contribution in [0.1, 0.15) is 10.5 Å². The van der Waals surface area contributed by atoms with Crippen LogP contribution in [0.15, 0.2) is 0 Å². The maximum Gasteiger partial charge on any atom is 0.353 e. The van der Waals surface area contributed by atoms with Gasteiger partial charge in [0.2, 0.25) is 0 Å². The molecule has 0 saturated carbocycles. The van der Waals surface area contributed by atoms with Gasteiger partial charge in [-0.2, -0.15) is 0 Å². The lowest BCUT2D eigenvalue weighted by molar-refractivity contribution is 0.0691. The number of aromatic amines is 1. The van der Waals surface area contributed by atoms with E-state index in [1.54, 1.807) is 0 Å². The number of carbonyl (C=O) groups is 1. The highest BCUT2D eigenvalue weighted by Gasteiger charge is 2.17. The zero-order valence-electron chi connectivity index (χ0n) is 4.99. The molecule has 0 saturated heterocycles. The van der Waals surface area contributed by atoms with Crippen molar-refractivity contribution in [2.75, 3.05) is 0 Å². The van der Waals surface area contributed by atoms with E-state index in [1.165, 1.54) is 0 Å². The second-order valence-electron chi connectivity index (χ2n) is 1.75. The molecular weight excluding hydrogens is 212 g/mol. The van der Waals surface area contributed by atoms with E-state index in [4.69, 9.17) is 39.9 Å². The molecule has 0 bridgehead atoms. The van der Waals surface area contributed by atoms with Crippen molar-refractivity contribution in [2.45, 2.75) is 0 Å². The van der Waals surface area contributed by atoms with Crippen LogP contribution in [-0.4, -0.2) is 16.1 Å². The molecule has 1 aromatic rings. The molecule has 2 N–H and O–H groups in total. The van der Waals surface area contributed by atoms with Gasteiger partial charge in [-0.15, -0.1) is 0 Å². The molecule has 0 aromatic carbocycles. The van der Waals surface area contributed by atoms with Crippen molar-refractivity contribution in [1.82, 2.24) is 4.98 Å². The molecule has 11 heavy (non-hydrogen) atoms. The van der Waals surface area contributed by atoms with Gasteiger partial charge in [-0.1, -0.05) is 34.8 Å². The highest BCUT2D eigenvalue weighted by Crippen LogP contribution is 2.32. The monoisotopic (exact) mass is 213 g/mol. The molecule has 1 aromatic heterocycles. The molecule has 0 aliphatic carbocycles. The van der Waals surface area contributed by atoms with Crippen molar-refractivity contribution < 1.29 is 9.90 Å². The molecule has 1 rings (SSSR count). The van der Waals surface area contributed by atoms with E-state index in [0.29, 0.717) is 0 Å². The number of carboxylic acid groups (broad SMARTS) is 1. The van der Waals surface area contributed by atoms with E-state index < -0.39 is 5.97 Å². The van der Waals surface area contributed by atoms with Crippen LogP contribution in [0, 0.1) is 0 Å². The van der Waals surface area contributed by atoms with E-state index >= 15 is 0 Å². The summed E-state index contributed by atoms with van der Waals surface area (Å²) in [7, 11) is 0. The maximum absolute atomic E-state index is 10.4. The van der Waals surface area contributed by atoms with Crippen LogP contribution in [0.25, 0.3) is 0 Å². The summed E-state index contributed by atoms with van der Waals surface area (Å²) in [5, 5.41) is 8.47. The Morgan fingerprint density at radius 3 is 2.00 bits per heavy atom. The van der Waals surface area contributed by atoms with Crippen LogP contribution >= 0.6 is 34.8 Å². The average Bonchev–Trinajstić information content (AvgIpc) is 2.17. The number of aromatic nitrogens is 1. The van der Waals surface area contributed by atoms with Crippen molar-refractivity contribution in [1.29, 1.82) is 0 Å². The number of H-pyrrole nitrogens is 1. The van der Waals surface area contributed by atoms with E-state index in [2.05, 4.69) is 4.98 Å². The Balaban J connectivity index is 3.29. The van der Waals surface area contributed by atoms with Gasteiger partial charge in [0.1, 0.15) is 10.8 Å². The molecule has 6 heteroatoms. The number of hydrogen-bond acceptors (Lipinski definition) is 1. The Kier molecular flexibility index (Phi) is 2.32. The third-order valence-corrected chi connectivity index (χ3v) is 2.29. The highest BCUT2D eigenvalue weighted by molar-refractivity contribution is 6.49. The zero-order valence-corrected chi connectivity index (χ0v) is 7.26. The molecule has 1 heterocycles. The summed E-state index contributed by atoms with van der Waals surface area (Å²) in [5.74, 6) is -1.19. The predicted molar refractivity (Wildman–Crippen MR) is 42.8 cm³/mol. The molecule has 0 unspecified atom stereocenters. The van der Waals surface area contributed by atoms with Crippen LogP contribution < -0.4 is 0 Å². The first-order valence-corrected chi connectivity index (χ1v) is 3.63. The average molecular weight is 214 g/mol. The third kappa shape index (κ3) is 1.45. The Morgan fingerprint density at radius 1 is 1.27 bits per heavy atom. The fourth-order valence-corrected chi connectivity index (χ4v) is 1.17. The fourth-order valence-electron chi connectivity index (χ4n) is 0.573. The summed E-state index contributed by atoms with van der Waals surface area (Å²) < 4.78 is 0. The van der Waals surface area contributed by atoms with Gasteiger partial charge < -0.3 is 10.1 Å². The van der Waals surface area contributed by atoms with Gasteiger partial charge >= 0.3 is 5.97 Å². The fraction of sp³-hybridized carbons (Fsp3) is 0. The normalized spacial score (nSPS) is 10.1. The molecule has 0 spiro atoms. The maximum atomic E-state index is 10.4. The second kappa shape index (κ2) is 2.93. The van der Waals surface area contributed by atoms with E-state index in [1.807, 2.05) is 0 Å². The first-order chi connectivity index (χ1) is 5.04. The molecule has 3 nitrogen and oxygen atoms in total. The molecular formula is C5H2Cl3NO2. The lowest BCUT2D eigenvalue weighted by Crippen LogP contribution is -1.96. The van der Waals surface area contributed by atoms with Crippen molar-refractivity contribution in [2.24, 2.45) is 0 Å². The molecule has 60 valence electrons. The van der Waals surface area contributed by atoms with Crippen LogP contribution in [-0.2, 0) is 0 Å². The van der Waals surface area contributed by atoms with Gasteiger partial charge in [0.05, 0.1) is 10.0 Å². The Bertz CT molecular complexity index is 307. The topological polar surface area (TPSA) is 53.1 Å². The molecule has 0 radical (unpaired) electrons. The number of aromatic carboxylic acids is 1. The summed E-state index contributed by atoms with van der Waals surface area (Å²) in [6.07, 6.45) is 0. The number of hydrogen-bond donors (Lipinski definition) is 2. The summed E-state index contributed by atoms with van der Waals surface area (Å²) in [5.41, 5.74) is -0.193. The first-order valence-electron chi connectivity index (χ1n) is 2.49. The second-order valence-corrected chi connectivity index (χ2v) is 2.88. The van der Waals surface area contributed by atoms with E-state index in [0.717, 1.165) is 0 Å². The van der Waals surface area contributed by atoms with E-state index in [9.17, 15) is 4.79 Å². The quantitative estimate of drug-likeness (QED) is 0.755. The Morgan fingerprint density at radius 2 is 1.82 bits per heavy atom. The van der Waals surface area contributed by atoms with Gasteiger partial charge in [-0.25, -0.2) is 4.79 Å². The minimum Gasteiger partial charge on any atom is -0.477 e. The number of carboxylic acids is 1. The largest absolute Gasteiger partial charge is 0.477 e. The lowest BCUT2D eigenvalue weighted by Gasteiger charge is -1.86. The van der Waals surface area contributed by atoms with Crippen molar-refractivity contribution >= 4 is 40.8 Å². The van der Waals surface area contributed by atoms with Crippen molar-refractivity contribution in [3.8, 4) is 0 Å². The van der Waals surface area contributed by atoms with Gasteiger partial charge in [-0.05, 0) is 0 Å². The first kappa shape index (κ1) is 8.71. The van der Waals surface area contributed by atoms with Crippen LogP contribution in [0.2, 0.25) is 15.2 Å². The van der Waals surface area contributed by atoms with Gasteiger partial charge in [0, 0.05) is 0 Å². The van der Waals surface area contributed by atoms with Crippen LogP contribution in [0.4, 0.5) is 0 Å². The SMILES string of the molecule is O=C(O)c1[nH]c(Cl)c(Cl)c1Cl. The van der Waals surface area contributed by atoms with Crippen molar-refractivity contribution in [3.63, 3.8) is 0 Å². The molecule has 0 atom stereocenters. The number of halogens is 3. The van der Waals surface area contributed by atoms with Gasteiger partial charge in [0.15, 0.2) is 0 Å². The number of nitrogens with one attached hydrogen (secondary N) is 1. The molecule has 0 fully saturated rings. The minimum absolute atomic E-state index is 0.0331. The summed E-state index contributed by atoms with van der Waals surface area (Å²) in [4.78, 5) is 12.7. The minimum atomic E-state index is -1.19. The van der Waals surface area contributed by atoms with Crippen molar-refractivity contribution in [3.05, 3.63) is 20.9 Å². The Hall–Kier alpha value is -0.380. The highest BCUT2D eigenvalue weighted by atomic mass is 35.5. The van der Waals surface area contributed by atoms with Gasteiger partial charge in [0.25, 0.3) is 0 Å². The summed E-state index contributed by atoms with van der Waals surface area (Å²) in [6.45, 7) is 0. The van der Waals surface area contributed by atoms with Crippen LogP contribution in [0.3, 0.4) is 0 Å². The molecule has 0 aliphatic heterocycles. The summed E-state index contributed by atoms with van der Waals surface area (Å²) in [6, 6.07) is 0. The molecule has 0 aliphatic rings. The standard InChI is InChI=1S/C5H2Cl3NO2/c6-1-2(7)4(8)9-3(1)5(10)11/h9H,(H,10,11). The lowest BCUT2D eigenvalue weighted by atomic mass is 10.4. The molecule has 0 amide bonds.